The summed E-state index contributed by atoms with van der Waals surface area (Å²) in [4.78, 5) is 14.7. The van der Waals surface area contributed by atoms with E-state index in [-0.39, 0.29) is 18.5 Å². The lowest BCUT2D eigenvalue weighted by Crippen LogP contribution is -2.36. The summed E-state index contributed by atoms with van der Waals surface area (Å²) < 4.78 is 5.39. The molecule has 0 aliphatic carbocycles. The Balaban J connectivity index is 1.32. The summed E-state index contributed by atoms with van der Waals surface area (Å²) in [6.45, 7) is 5.68. The summed E-state index contributed by atoms with van der Waals surface area (Å²) in [5.74, 6) is -0.0452. The molecule has 1 amide bonds. The lowest BCUT2D eigenvalue weighted by molar-refractivity contribution is -0.115. The zero-order valence-corrected chi connectivity index (χ0v) is 16.7. The minimum atomic E-state index is -0.0452. The zero-order chi connectivity index (χ0) is 20.1. The van der Waals surface area contributed by atoms with Crippen molar-refractivity contribution in [3.05, 3.63) is 72.3 Å². The van der Waals surface area contributed by atoms with Crippen LogP contribution in [0.15, 0.2) is 66.7 Å². The summed E-state index contributed by atoms with van der Waals surface area (Å²) in [5, 5.41) is 8.74. The molecule has 4 rings (SSSR count). The summed E-state index contributed by atoms with van der Waals surface area (Å²) in [6, 6.07) is 22.7. The van der Waals surface area contributed by atoms with Gasteiger partial charge < -0.3 is 20.3 Å². The molecule has 29 heavy (non-hydrogen) atoms. The van der Waals surface area contributed by atoms with Crippen LogP contribution in [-0.2, 0) is 9.53 Å². The first-order valence-corrected chi connectivity index (χ1v) is 10.1. The van der Waals surface area contributed by atoms with Gasteiger partial charge in [0.05, 0.1) is 19.8 Å². The largest absolute Gasteiger partial charge is 0.378 e. The quantitative estimate of drug-likeness (QED) is 0.670. The van der Waals surface area contributed by atoms with Crippen molar-refractivity contribution in [2.75, 3.05) is 43.1 Å². The molecule has 5 heteroatoms. The lowest BCUT2D eigenvalue weighted by atomic mass is 10.00. The van der Waals surface area contributed by atoms with Crippen LogP contribution in [0.1, 0.15) is 18.5 Å². The number of anilines is 2. The van der Waals surface area contributed by atoms with Crippen LogP contribution >= 0.6 is 0 Å². The van der Waals surface area contributed by atoms with Crippen LogP contribution in [0, 0.1) is 0 Å². The number of fused-ring (bicyclic) bond motifs is 1. The van der Waals surface area contributed by atoms with E-state index in [1.54, 1.807) is 0 Å². The van der Waals surface area contributed by atoms with Gasteiger partial charge in [0, 0.05) is 30.5 Å². The molecule has 0 bridgehead atoms. The van der Waals surface area contributed by atoms with E-state index in [1.807, 2.05) is 36.4 Å². The van der Waals surface area contributed by atoms with Gasteiger partial charge in [-0.15, -0.1) is 0 Å². The van der Waals surface area contributed by atoms with Gasteiger partial charge in [0.15, 0.2) is 0 Å². The van der Waals surface area contributed by atoms with E-state index in [2.05, 4.69) is 52.8 Å². The van der Waals surface area contributed by atoms with Crippen LogP contribution in [-0.4, -0.2) is 38.8 Å². The molecule has 3 aromatic carbocycles. The van der Waals surface area contributed by atoms with Gasteiger partial charge in [0.2, 0.25) is 5.91 Å². The Morgan fingerprint density at radius 2 is 1.72 bits per heavy atom. The fraction of sp³-hybridized carbons (Fsp3) is 0.292. The second-order valence-electron chi connectivity index (χ2n) is 7.37. The number of carbonyl (C=O) groups is 1. The minimum Gasteiger partial charge on any atom is -0.378 e. The predicted octanol–water partition coefficient (Wildman–Crippen LogP) is 3.97. The lowest BCUT2D eigenvalue weighted by Gasteiger charge is -2.28. The second-order valence-corrected chi connectivity index (χ2v) is 7.37. The molecule has 1 atom stereocenters. The zero-order valence-electron chi connectivity index (χ0n) is 16.7. The van der Waals surface area contributed by atoms with Crippen molar-refractivity contribution in [2.24, 2.45) is 0 Å². The van der Waals surface area contributed by atoms with Crippen LogP contribution in [0.3, 0.4) is 0 Å². The van der Waals surface area contributed by atoms with Gasteiger partial charge in [-0.1, -0.05) is 42.5 Å². The van der Waals surface area contributed by atoms with Crippen molar-refractivity contribution < 1.29 is 9.53 Å². The first kappa shape index (κ1) is 19.4. The topological polar surface area (TPSA) is 53.6 Å². The number of benzene rings is 3. The Morgan fingerprint density at radius 1 is 1.00 bits per heavy atom. The van der Waals surface area contributed by atoms with Gasteiger partial charge >= 0.3 is 0 Å². The summed E-state index contributed by atoms with van der Waals surface area (Å²) in [7, 11) is 0. The fourth-order valence-corrected chi connectivity index (χ4v) is 3.77. The van der Waals surface area contributed by atoms with Crippen LogP contribution in [0.2, 0.25) is 0 Å². The Morgan fingerprint density at radius 3 is 2.52 bits per heavy atom. The molecule has 150 valence electrons. The fourth-order valence-electron chi connectivity index (χ4n) is 3.77. The highest BCUT2D eigenvalue weighted by molar-refractivity contribution is 5.92. The van der Waals surface area contributed by atoms with Crippen molar-refractivity contribution >= 4 is 28.1 Å². The van der Waals surface area contributed by atoms with Crippen molar-refractivity contribution in [3.63, 3.8) is 0 Å². The highest BCUT2D eigenvalue weighted by atomic mass is 16.5. The molecule has 5 nitrogen and oxygen atoms in total. The highest BCUT2D eigenvalue weighted by Gasteiger charge is 2.12. The third-order valence-corrected chi connectivity index (χ3v) is 5.39. The van der Waals surface area contributed by atoms with Crippen LogP contribution in [0.5, 0.6) is 0 Å². The van der Waals surface area contributed by atoms with Crippen molar-refractivity contribution in [2.45, 2.75) is 13.0 Å². The van der Waals surface area contributed by atoms with Gasteiger partial charge in [0.1, 0.15) is 0 Å². The van der Waals surface area contributed by atoms with Crippen LogP contribution < -0.4 is 15.5 Å². The first-order valence-electron chi connectivity index (χ1n) is 10.1. The SMILES string of the molecule is C[C@H](NCC(=O)Nc1ccc(N2CCOCC2)cc1)c1cccc2ccccc12. The second kappa shape index (κ2) is 9.07. The maximum atomic E-state index is 12.4. The van der Waals surface area contributed by atoms with Gasteiger partial charge in [0.25, 0.3) is 0 Å². The Kier molecular flexibility index (Phi) is 6.08. The van der Waals surface area contributed by atoms with E-state index in [4.69, 9.17) is 4.74 Å². The molecule has 1 aliphatic rings. The molecule has 0 aromatic heterocycles. The Labute approximate surface area is 171 Å². The summed E-state index contributed by atoms with van der Waals surface area (Å²) >= 11 is 0. The number of nitrogens with zero attached hydrogens (tertiary/aromatic N) is 1. The van der Waals surface area contributed by atoms with E-state index in [0.29, 0.717) is 0 Å². The molecule has 0 spiro atoms. The molecule has 1 aliphatic heterocycles. The number of carbonyl (C=O) groups excluding carboxylic acids is 1. The molecule has 1 fully saturated rings. The van der Waals surface area contributed by atoms with Crippen molar-refractivity contribution in [3.8, 4) is 0 Å². The molecule has 1 heterocycles. The Bertz CT molecular complexity index is 960. The third-order valence-electron chi connectivity index (χ3n) is 5.39. The average molecular weight is 389 g/mol. The standard InChI is InChI=1S/C24H27N3O2/c1-18(22-8-4-6-19-5-2-3-7-23(19)22)25-17-24(28)26-20-9-11-21(12-10-20)27-13-15-29-16-14-27/h2-12,18,25H,13-17H2,1H3,(H,26,28)/t18-/m0/s1. The number of amides is 1. The summed E-state index contributed by atoms with van der Waals surface area (Å²) in [5.41, 5.74) is 3.17. The number of ether oxygens (including phenoxy) is 1. The van der Waals surface area contributed by atoms with Gasteiger partial charge in [-0.2, -0.15) is 0 Å². The number of morpholine rings is 1. The summed E-state index contributed by atoms with van der Waals surface area (Å²) in [6.07, 6.45) is 0. The van der Waals surface area contributed by atoms with Gasteiger partial charge in [-0.25, -0.2) is 0 Å². The molecular weight excluding hydrogens is 362 g/mol. The number of hydrogen-bond donors (Lipinski definition) is 2. The number of nitrogens with one attached hydrogen (secondary N) is 2. The van der Waals surface area contributed by atoms with E-state index >= 15 is 0 Å². The molecule has 0 unspecified atom stereocenters. The smallest absolute Gasteiger partial charge is 0.238 e. The van der Waals surface area contributed by atoms with Crippen LogP contribution in [0.25, 0.3) is 10.8 Å². The van der Waals surface area contributed by atoms with E-state index < -0.39 is 0 Å². The van der Waals surface area contributed by atoms with Gasteiger partial charge in [-0.05, 0) is 47.5 Å². The molecular formula is C24H27N3O2. The van der Waals surface area contributed by atoms with Gasteiger partial charge in [-0.3, -0.25) is 4.79 Å². The Hall–Kier alpha value is -2.89. The van der Waals surface area contributed by atoms with Crippen molar-refractivity contribution in [1.82, 2.24) is 5.32 Å². The monoisotopic (exact) mass is 389 g/mol. The number of rotatable bonds is 6. The molecule has 3 aromatic rings. The third kappa shape index (κ3) is 4.75. The van der Waals surface area contributed by atoms with E-state index in [1.165, 1.54) is 16.3 Å². The predicted molar refractivity (Wildman–Crippen MR) is 118 cm³/mol. The normalized spacial score (nSPS) is 15.3. The van der Waals surface area contributed by atoms with Crippen molar-refractivity contribution in [1.29, 1.82) is 0 Å². The highest BCUT2D eigenvalue weighted by Crippen LogP contribution is 2.24. The molecule has 2 N–H and O–H groups in total. The van der Waals surface area contributed by atoms with Crippen LogP contribution in [0.4, 0.5) is 11.4 Å². The average Bonchev–Trinajstić information content (AvgIpc) is 2.78. The van der Waals surface area contributed by atoms with E-state index in [9.17, 15) is 4.79 Å². The van der Waals surface area contributed by atoms with E-state index in [0.717, 1.165) is 37.7 Å². The maximum Gasteiger partial charge on any atom is 0.238 e. The molecule has 0 saturated carbocycles. The minimum absolute atomic E-state index is 0.0452. The molecule has 1 saturated heterocycles. The number of hydrogen-bond acceptors (Lipinski definition) is 4. The first-order chi connectivity index (χ1) is 14.2. The maximum absolute atomic E-state index is 12.4. The molecule has 0 radical (unpaired) electrons.